The van der Waals surface area contributed by atoms with Crippen molar-refractivity contribution in [3.8, 4) is 0 Å². The normalized spacial score (nSPS) is 14.9. The molecule has 5 nitrogen and oxygen atoms in total. The lowest BCUT2D eigenvalue weighted by molar-refractivity contribution is -0.126. The number of rotatable bonds is 8. The van der Waals surface area contributed by atoms with Crippen LogP contribution in [0.1, 0.15) is 65.3 Å². The molecular formula is C29H33N3O2. The summed E-state index contributed by atoms with van der Waals surface area (Å²) in [5.74, 6) is -0.345. The molecule has 1 aromatic heterocycles. The van der Waals surface area contributed by atoms with Crippen LogP contribution in [0, 0.1) is 6.92 Å². The summed E-state index contributed by atoms with van der Waals surface area (Å²) >= 11 is 0. The maximum Gasteiger partial charge on any atom is 0.273 e. The third-order valence-corrected chi connectivity index (χ3v) is 6.62. The Labute approximate surface area is 202 Å². The van der Waals surface area contributed by atoms with Gasteiger partial charge in [0.2, 0.25) is 5.91 Å². The van der Waals surface area contributed by atoms with Crippen LogP contribution in [-0.4, -0.2) is 34.3 Å². The van der Waals surface area contributed by atoms with Crippen LogP contribution >= 0.6 is 0 Å². The molecule has 3 aromatic rings. The van der Waals surface area contributed by atoms with E-state index in [1.165, 1.54) is 6.42 Å². The lowest BCUT2D eigenvalue weighted by atomic mass is 9.93. The van der Waals surface area contributed by atoms with Gasteiger partial charge in [0.05, 0.1) is 0 Å². The van der Waals surface area contributed by atoms with E-state index in [0.717, 1.165) is 42.4 Å². The third-order valence-electron chi connectivity index (χ3n) is 6.62. The van der Waals surface area contributed by atoms with Gasteiger partial charge in [0.15, 0.2) is 0 Å². The smallest absolute Gasteiger partial charge is 0.273 e. The summed E-state index contributed by atoms with van der Waals surface area (Å²) in [7, 11) is 0. The van der Waals surface area contributed by atoms with Gasteiger partial charge in [0.25, 0.3) is 5.91 Å². The van der Waals surface area contributed by atoms with Crippen LogP contribution in [0.15, 0.2) is 79.0 Å². The average Bonchev–Trinajstić information content (AvgIpc) is 2.88. The standard InChI is InChI=1S/C29H33N3O2/c1-22-12-8-9-17-25(22)27(28(33)31-24-15-6-3-7-16-24)32(21-19-23-13-4-2-5-14-23)29(34)26-18-10-11-20-30-26/h2,4-5,8-14,17-18,20,24,27H,3,6-7,15-16,19,21H2,1H3,(H,31,33)/t27-/m0/s1. The Morgan fingerprint density at radius 1 is 0.941 bits per heavy atom. The maximum absolute atomic E-state index is 13.8. The van der Waals surface area contributed by atoms with E-state index in [9.17, 15) is 9.59 Å². The molecule has 0 radical (unpaired) electrons. The second kappa shape index (κ2) is 11.6. The summed E-state index contributed by atoms with van der Waals surface area (Å²) in [6.07, 6.45) is 7.73. The van der Waals surface area contributed by atoms with Crippen LogP contribution < -0.4 is 5.32 Å². The summed E-state index contributed by atoms with van der Waals surface area (Å²) < 4.78 is 0. The van der Waals surface area contributed by atoms with E-state index in [0.29, 0.717) is 18.7 Å². The zero-order chi connectivity index (χ0) is 23.8. The molecule has 1 aliphatic carbocycles. The molecule has 2 aromatic carbocycles. The largest absolute Gasteiger partial charge is 0.351 e. The van der Waals surface area contributed by atoms with Gasteiger partial charge in [-0.05, 0) is 55.0 Å². The van der Waals surface area contributed by atoms with Crippen LogP contribution in [0.5, 0.6) is 0 Å². The van der Waals surface area contributed by atoms with E-state index < -0.39 is 6.04 Å². The van der Waals surface area contributed by atoms with Crippen molar-refractivity contribution in [3.63, 3.8) is 0 Å². The van der Waals surface area contributed by atoms with Crippen LogP contribution in [0.3, 0.4) is 0 Å². The first-order chi connectivity index (χ1) is 16.6. The van der Waals surface area contributed by atoms with Crippen molar-refractivity contribution >= 4 is 11.8 Å². The molecule has 5 heteroatoms. The number of nitrogens with zero attached hydrogens (tertiary/aromatic N) is 2. The third kappa shape index (κ3) is 5.90. The molecule has 2 amide bonds. The molecule has 4 rings (SSSR count). The zero-order valence-corrected chi connectivity index (χ0v) is 19.8. The van der Waals surface area contributed by atoms with E-state index >= 15 is 0 Å². The Morgan fingerprint density at radius 2 is 1.65 bits per heavy atom. The molecule has 0 spiro atoms. The number of carbonyl (C=O) groups is 2. The molecule has 0 saturated heterocycles. The SMILES string of the molecule is Cc1ccccc1[C@@H](C(=O)NC1CCCCC1)N(CCc1ccccc1)C(=O)c1ccccn1. The van der Waals surface area contributed by atoms with Crippen LogP contribution in [0.2, 0.25) is 0 Å². The number of nitrogens with one attached hydrogen (secondary N) is 1. The Kier molecular flexibility index (Phi) is 8.08. The van der Waals surface area contributed by atoms with Crippen molar-refractivity contribution in [1.29, 1.82) is 0 Å². The van der Waals surface area contributed by atoms with E-state index in [4.69, 9.17) is 0 Å². The molecule has 1 saturated carbocycles. The minimum Gasteiger partial charge on any atom is -0.351 e. The number of aromatic nitrogens is 1. The van der Waals surface area contributed by atoms with Gasteiger partial charge in [-0.25, -0.2) is 0 Å². The number of aryl methyl sites for hydroxylation is 1. The molecule has 0 unspecified atom stereocenters. The Morgan fingerprint density at radius 3 is 2.35 bits per heavy atom. The van der Waals surface area contributed by atoms with Crippen molar-refractivity contribution in [3.05, 3.63) is 101 Å². The van der Waals surface area contributed by atoms with Crippen LogP contribution in [-0.2, 0) is 11.2 Å². The van der Waals surface area contributed by atoms with Crippen LogP contribution in [0.25, 0.3) is 0 Å². The predicted octanol–water partition coefficient (Wildman–Crippen LogP) is 5.27. The summed E-state index contributed by atoms with van der Waals surface area (Å²) in [5.41, 5.74) is 3.31. The number of pyridine rings is 1. The minimum absolute atomic E-state index is 0.112. The maximum atomic E-state index is 13.8. The fourth-order valence-electron chi connectivity index (χ4n) is 4.75. The van der Waals surface area contributed by atoms with E-state index in [1.54, 1.807) is 29.3 Å². The molecule has 0 aliphatic heterocycles. The zero-order valence-electron chi connectivity index (χ0n) is 19.8. The van der Waals surface area contributed by atoms with Gasteiger partial charge in [-0.2, -0.15) is 0 Å². The van der Waals surface area contributed by atoms with Crippen molar-refractivity contribution in [2.45, 2.75) is 57.5 Å². The number of benzene rings is 2. The fourth-order valence-corrected chi connectivity index (χ4v) is 4.75. The molecule has 176 valence electrons. The van der Waals surface area contributed by atoms with Gasteiger partial charge in [-0.1, -0.05) is 79.9 Å². The van der Waals surface area contributed by atoms with Crippen molar-refractivity contribution in [2.75, 3.05) is 6.54 Å². The number of carbonyl (C=O) groups excluding carboxylic acids is 2. The quantitative estimate of drug-likeness (QED) is 0.504. The highest BCUT2D eigenvalue weighted by Crippen LogP contribution is 2.28. The first-order valence-electron chi connectivity index (χ1n) is 12.3. The molecule has 1 fully saturated rings. The lowest BCUT2D eigenvalue weighted by Gasteiger charge is -2.34. The summed E-state index contributed by atoms with van der Waals surface area (Å²) in [6.45, 7) is 2.41. The van der Waals surface area contributed by atoms with Crippen molar-refractivity contribution < 1.29 is 9.59 Å². The number of amides is 2. The second-order valence-corrected chi connectivity index (χ2v) is 9.05. The highest BCUT2D eigenvalue weighted by molar-refractivity contribution is 5.96. The number of hydrogen-bond donors (Lipinski definition) is 1. The lowest BCUT2D eigenvalue weighted by Crippen LogP contribution is -2.48. The molecular weight excluding hydrogens is 422 g/mol. The van der Waals surface area contributed by atoms with Crippen LogP contribution in [0.4, 0.5) is 0 Å². The summed E-state index contributed by atoms with van der Waals surface area (Å²) in [5, 5.41) is 3.28. The van der Waals surface area contributed by atoms with Gasteiger partial charge in [0.1, 0.15) is 11.7 Å². The Bertz CT molecular complexity index is 1080. The fraction of sp³-hybridized carbons (Fsp3) is 0.345. The topological polar surface area (TPSA) is 62.3 Å². The monoisotopic (exact) mass is 455 g/mol. The van der Waals surface area contributed by atoms with Crippen molar-refractivity contribution in [1.82, 2.24) is 15.2 Å². The predicted molar refractivity (Wildman–Crippen MR) is 134 cm³/mol. The Balaban J connectivity index is 1.70. The average molecular weight is 456 g/mol. The second-order valence-electron chi connectivity index (χ2n) is 9.05. The first-order valence-corrected chi connectivity index (χ1v) is 12.3. The molecule has 1 atom stereocenters. The molecule has 1 aliphatic rings. The molecule has 0 bridgehead atoms. The van der Waals surface area contributed by atoms with Crippen molar-refractivity contribution in [2.24, 2.45) is 0 Å². The molecule has 1 heterocycles. The van der Waals surface area contributed by atoms with Gasteiger partial charge in [-0.15, -0.1) is 0 Å². The summed E-state index contributed by atoms with van der Waals surface area (Å²) in [6, 6.07) is 22.7. The van der Waals surface area contributed by atoms with Gasteiger partial charge in [0, 0.05) is 18.8 Å². The molecule has 1 N–H and O–H groups in total. The Hall–Kier alpha value is -3.47. The molecule has 34 heavy (non-hydrogen) atoms. The first kappa shape index (κ1) is 23.7. The highest BCUT2D eigenvalue weighted by Gasteiger charge is 2.34. The van der Waals surface area contributed by atoms with Gasteiger partial charge in [-0.3, -0.25) is 14.6 Å². The van der Waals surface area contributed by atoms with E-state index in [-0.39, 0.29) is 17.9 Å². The number of hydrogen-bond acceptors (Lipinski definition) is 3. The minimum atomic E-state index is -0.721. The van der Waals surface area contributed by atoms with E-state index in [1.807, 2.05) is 61.5 Å². The van der Waals surface area contributed by atoms with Gasteiger partial charge >= 0.3 is 0 Å². The summed E-state index contributed by atoms with van der Waals surface area (Å²) in [4.78, 5) is 33.6. The van der Waals surface area contributed by atoms with E-state index in [2.05, 4.69) is 10.3 Å². The highest BCUT2D eigenvalue weighted by atomic mass is 16.2. The van der Waals surface area contributed by atoms with Gasteiger partial charge < -0.3 is 10.2 Å².